The molecule has 0 bridgehead atoms. The van der Waals surface area contributed by atoms with Crippen molar-refractivity contribution in [2.24, 2.45) is 0 Å². The maximum Gasteiger partial charge on any atom is 0.313 e. The Morgan fingerprint density at radius 3 is 1.95 bits per heavy atom. The molecule has 0 spiro atoms. The Balaban J connectivity index is 2.41. The van der Waals surface area contributed by atoms with E-state index >= 15 is 0 Å². The van der Waals surface area contributed by atoms with Gasteiger partial charge in [-0.05, 0) is 24.3 Å². The molecule has 2 rings (SSSR count). The fraction of sp³-hybridized carbons (Fsp3) is 0. The van der Waals surface area contributed by atoms with Crippen molar-refractivity contribution in [3.05, 3.63) is 30.5 Å². The lowest BCUT2D eigenvalue weighted by atomic mass is 10.2. The first-order chi connectivity index (χ1) is 8.68. The smallest absolute Gasteiger partial charge is 0.313 e. The molecule has 1 aromatic carbocycles. The zero-order chi connectivity index (χ0) is 14.3. The van der Waals surface area contributed by atoms with Crippen LogP contribution in [0.3, 0.4) is 0 Å². The quantitative estimate of drug-likeness (QED) is 0.705. The van der Waals surface area contributed by atoms with Gasteiger partial charge < -0.3 is 4.98 Å². The van der Waals surface area contributed by atoms with Gasteiger partial charge in [-0.3, -0.25) is 9.11 Å². The summed E-state index contributed by atoms with van der Waals surface area (Å²) < 4.78 is 60.9. The fourth-order valence-electron chi connectivity index (χ4n) is 1.37. The molecule has 1 aromatic heterocycles. The monoisotopic (exact) mass is 304 g/mol. The molecule has 0 unspecified atom stereocenters. The van der Waals surface area contributed by atoms with Crippen molar-refractivity contribution in [3.63, 3.8) is 0 Å². The topological polar surface area (TPSA) is 137 Å². The zero-order valence-electron chi connectivity index (χ0n) is 9.18. The molecular formula is C9H8N2O6S2. The number of nitrogens with zero attached hydrogens (tertiary/aromatic N) is 1. The summed E-state index contributed by atoms with van der Waals surface area (Å²) >= 11 is 0. The maximum atomic E-state index is 10.8. The Morgan fingerprint density at radius 1 is 0.947 bits per heavy atom. The SMILES string of the molecule is O=S(=O)(O)c1ccc(-c2nc(S(=O)(=O)O)c[nH]2)cc1. The summed E-state index contributed by atoms with van der Waals surface area (Å²) in [7, 11) is -8.69. The van der Waals surface area contributed by atoms with E-state index in [4.69, 9.17) is 9.11 Å². The van der Waals surface area contributed by atoms with Crippen molar-refractivity contribution < 1.29 is 25.9 Å². The Kier molecular flexibility index (Phi) is 3.18. The molecular weight excluding hydrogens is 296 g/mol. The standard InChI is InChI=1S/C9H8N2O6S2/c12-18(13,14)7-3-1-6(2-4-7)9-10-5-8(11-9)19(15,16)17/h1-5H,(H,10,11)(H,12,13,14)(H,15,16,17). The number of aromatic nitrogens is 2. The predicted molar refractivity (Wildman–Crippen MR) is 63.7 cm³/mol. The lowest BCUT2D eigenvalue weighted by Gasteiger charge is -1.99. The summed E-state index contributed by atoms with van der Waals surface area (Å²) in [5.41, 5.74) is 0.391. The number of imidazole rings is 1. The average molecular weight is 304 g/mol. The number of rotatable bonds is 3. The first-order valence-electron chi connectivity index (χ1n) is 4.79. The van der Waals surface area contributed by atoms with Crippen LogP contribution in [0.1, 0.15) is 0 Å². The van der Waals surface area contributed by atoms with Crippen molar-refractivity contribution in [1.29, 1.82) is 0 Å². The number of benzene rings is 1. The van der Waals surface area contributed by atoms with E-state index in [9.17, 15) is 16.8 Å². The summed E-state index contributed by atoms with van der Waals surface area (Å²) in [4.78, 5) is 5.87. The summed E-state index contributed by atoms with van der Waals surface area (Å²) in [6, 6.07) is 4.94. The molecule has 0 radical (unpaired) electrons. The Bertz CT molecular complexity index is 805. The van der Waals surface area contributed by atoms with E-state index in [1.54, 1.807) is 0 Å². The normalized spacial score (nSPS) is 12.5. The van der Waals surface area contributed by atoms with E-state index in [0.717, 1.165) is 18.3 Å². The number of H-pyrrole nitrogens is 1. The van der Waals surface area contributed by atoms with Gasteiger partial charge in [0.1, 0.15) is 5.82 Å². The average Bonchev–Trinajstić information content (AvgIpc) is 2.77. The van der Waals surface area contributed by atoms with Gasteiger partial charge in [0.2, 0.25) is 5.03 Å². The third-order valence-corrected chi connectivity index (χ3v) is 3.85. The highest BCUT2D eigenvalue weighted by atomic mass is 32.2. The van der Waals surface area contributed by atoms with E-state index in [-0.39, 0.29) is 10.7 Å². The van der Waals surface area contributed by atoms with E-state index < -0.39 is 25.3 Å². The molecule has 0 aliphatic carbocycles. The first kappa shape index (κ1) is 13.7. The van der Waals surface area contributed by atoms with Gasteiger partial charge in [0.25, 0.3) is 10.1 Å². The van der Waals surface area contributed by atoms with E-state index in [1.165, 1.54) is 12.1 Å². The second-order valence-corrected chi connectivity index (χ2v) is 6.35. The minimum Gasteiger partial charge on any atom is -0.343 e. The molecule has 0 aliphatic rings. The highest BCUT2D eigenvalue weighted by Crippen LogP contribution is 2.19. The summed E-state index contributed by atoms with van der Waals surface area (Å²) in [6.07, 6.45) is 1.00. The van der Waals surface area contributed by atoms with Crippen molar-refractivity contribution in [2.45, 2.75) is 9.92 Å². The number of nitrogens with one attached hydrogen (secondary N) is 1. The van der Waals surface area contributed by atoms with Gasteiger partial charge in [-0.15, -0.1) is 0 Å². The molecule has 19 heavy (non-hydrogen) atoms. The number of hydrogen-bond donors (Lipinski definition) is 3. The minimum atomic E-state index is -4.40. The molecule has 0 saturated heterocycles. The molecule has 0 atom stereocenters. The second-order valence-electron chi connectivity index (χ2n) is 3.56. The van der Waals surface area contributed by atoms with Gasteiger partial charge in [0.05, 0.1) is 4.90 Å². The van der Waals surface area contributed by atoms with Crippen molar-refractivity contribution >= 4 is 20.2 Å². The summed E-state index contributed by atoms with van der Waals surface area (Å²) in [5.74, 6) is 0.134. The third kappa shape index (κ3) is 2.98. The summed E-state index contributed by atoms with van der Waals surface area (Å²) in [6.45, 7) is 0. The van der Waals surface area contributed by atoms with Gasteiger partial charge >= 0.3 is 10.1 Å². The van der Waals surface area contributed by atoms with E-state index in [1.807, 2.05) is 0 Å². The van der Waals surface area contributed by atoms with Gasteiger partial charge in [0, 0.05) is 11.8 Å². The Hall–Kier alpha value is -1.75. The van der Waals surface area contributed by atoms with E-state index in [0.29, 0.717) is 5.56 Å². The maximum absolute atomic E-state index is 10.8. The zero-order valence-corrected chi connectivity index (χ0v) is 10.8. The molecule has 102 valence electrons. The fourth-order valence-corrected chi connectivity index (χ4v) is 2.26. The van der Waals surface area contributed by atoms with E-state index in [2.05, 4.69) is 9.97 Å². The van der Waals surface area contributed by atoms with Crippen LogP contribution >= 0.6 is 0 Å². The van der Waals surface area contributed by atoms with Gasteiger partial charge in [0.15, 0.2) is 0 Å². The number of aromatic amines is 1. The highest BCUT2D eigenvalue weighted by Gasteiger charge is 2.15. The van der Waals surface area contributed by atoms with Crippen LogP contribution in [0.2, 0.25) is 0 Å². The molecule has 8 nitrogen and oxygen atoms in total. The largest absolute Gasteiger partial charge is 0.343 e. The van der Waals surface area contributed by atoms with Crippen LogP contribution in [-0.4, -0.2) is 35.9 Å². The van der Waals surface area contributed by atoms with Crippen LogP contribution in [0.4, 0.5) is 0 Å². The summed E-state index contributed by atoms with van der Waals surface area (Å²) in [5, 5.41) is -0.540. The van der Waals surface area contributed by atoms with Crippen molar-refractivity contribution in [3.8, 4) is 11.4 Å². The van der Waals surface area contributed by atoms with Crippen molar-refractivity contribution in [2.75, 3.05) is 0 Å². The Labute approximate surface area is 108 Å². The van der Waals surface area contributed by atoms with Crippen LogP contribution < -0.4 is 0 Å². The molecule has 2 aromatic rings. The van der Waals surface area contributed by atoms with Gasteiger partial charge in [-0.1, -0.05) is 0 Å². The van der Waals surface area contributed by atoms with Crippen LogP contribution in [0, 0.1) is 0 Å². The molecule has 1 heterocycles. The number of hydrogen-bond acceptors (Lipinski definition) is 5. The molecule has 0 fully saturated rings. The van der Waals surface area contributed by atoms with Gasteiger partial charge in [-0.2, -0.15) is 16.8 Å². The van der Waals surface area contributed by atoms with Crippen LogP contribution in [0.15, 0.2) is 40.4 Å². The lowest BCUT2D eigenvalue weighted by molar-refractivity contribution is 0.479. The molecule has 10 heteroatoms. The lowest BCUT2D eigenvalue weighted by Crippen LogP contribution is -1.98. The molecule has 0 aliphatic heterocycles. The van der Waals surface area contributed by atoms with Crippen LogP contribution in [0.5, 0.6) is 0 Å². The second kappa shape index (κ2) is 4.42. The Morgan fingerprint density at radius 2 is 1.53 bits per heavy atom. The van der Waals surface area contributed by atoms with Crippen LogP contribution in [-0.2, 0) is 20.2 Å². The van der Waals surface area contributed by atoms with Crippen LogP contribution in [0.25, 0.3) is 11.4 Å². The molecule has 0 saturated carbocycles. The van der Waals surface area contributed by atoms with Crippen molar-refractivity contribution in [1.82, 2.24) is 9.97 Å². The molecule has 0 amide bonds. The van der Waals surface area contributed by atoms with Gasteiger partial charge in [-0.25, -0.2) is 4.98 Å². The third-order valence-electron chi connectivity index (χ3n) is 2.24. The highest BCUT2D eigenvalue weighted by molar-refractivity contribution is 7.86. The first-order valence-corrected chi connectivity index (χ1v) is 7.67. The minimum absolute atomic E-state index is 0.134. The predicted octanol–water partition coefficient (Wildman–Crippen LogP) is 0.570. The molecule has 3 N–H and O–H groups in total.